The molecule has 0 aliphatic heterocycles. The van der Waals surface area contributed by atoms with Crippen molar-refractivity contribution in [1.82, 2.24) is 9.55 Å². The van der Waals surface area contributed by atoms with E-state index in [1.807, 2.05) is 90.4 Å². The fraction of sp³-hybridized carbons (Fsp3) is 0.0909. The Hall–Kier alpha value is -2.85. The fourth-order valence-electron chi connectivity index (χ4n) is 2.89. The van der Waals surface area contributed by atoms with E-state index in [0.29, 0.717) is 5.56 Å². The van der Waals surface area contributed by atoms with Crippen molar-refractivity contribution in [3.05, 3.63) is 96.3 Å². The monoisotopic (exact) mass is 358 g/mol. The first kappa shape index (κ1) is 16.6. The second-order valence-electron chi connectivity index (χ2n) is 6.15. The Morgan fingerprint density at radius 2 is 1.62 bits per heavy atom. The van der Waals surface area contributed by atoms with Crippen LogP contribution in [0, 0.1) is 6.92 Å². The molecule has 4 aromatic rings. The van der Waals surface area contributed by atoms with Gasteiger partial charge in [-0.05, 0) is 31.2 Å². The molecule has 1 atom stereocenters. The average molecular weight is 358 g/mol. The van der Waals surface area contributed by atoms with Crippen LogP contribution < -0.4 is 0 Å². The molecule has 3 nitrogen and oxygen atoms in total. The highest BCUT2D eigenvalue weighted by Gasteiger charge is 2.24. The van der Waals surface area contributed by atoms with Gasteiger partial charge in [0.1, 0.15) is 5.37 Å². The van der Waals surface area contributed by atoms with Crippen molar-refractivity contribution < 1.29 is 4.79 Å². The fourth-order valence-corrected chi connectivity index (χ4v) is 3.99. The number of hydrogen-bond donors (Lipinski definition) is 0. The molecule has 26 heavy (non-hydrogen) atoms. The van der Waals surface area contributed by atoms with E-state index in [1.165, 1.54) is 0 Å². The van der Waals surface area contributed by atoms with Gasteiger partial charge >= 0.3 is 0 Å². The molecule has 128 valence electrons. The number of imidazole rings is 1. The smallest absolute Gasteiger partial charge is 0.196 e. The molecule has 0 bridgehead atoms. The molecular weight excluding hydrogens is 340 g/mol. The molecule has 4 rings (SSSR count). The summed E-state index contributed by atoms with van der Waals surface area (Å²) in [5.74, 6) is 0.0713. The molecule has 0 N–H and O–H groups in total. The number of aromatic nitrogens is 2. The van der Waals surface area contributed by atoms with E-state index in [2.05, 4.69) is 4.98 Å². The lowest BCUT2D eigenvalue weighted by molar-refractivity contribution is 0.0969. The topological polar surface area (TPSA) is 34.9 Å². The molecular formula is C22H18N2OS. The predicted octanol–water partition coefficient (Wildman–Crippen LogP) is 5.52. The molecule has 1 heterocycles. The van der Waals surface area contributed by atoms with Gasteiger partial charge in [0.15, 0.2) is 5.78 Å². The molecule has 0 aliphatic carbocycles. The van der Waals surface area contributed by atoms with E-state index < -0.39 is 5.37 Å². The molecule has 0 spiro atoms. The van der Waals surface area contributed by atoms with E-state index in [4.69, 9.17) is 0 Å². The lowest BCUT2D eigenvalue weighted by Crippen LogP contribution is -2.16. The van der Waals surface area contributed by atoms with Crippen molar-refractivity contribution in [1.29, 1.82) is 0 Å². The Bertz CT molecular complexity index is 1040. The lowest BCUT2D eigenvalue weighted by Gasteiger charge is -2.18. The van der Waals surface area contributed by atoms with Crippen LogP contribution in [-0.2, 0) is 0 Å². The van der Waals surface area contributed by atoms with Crippen LogP contribution in [0.4, 0.5) is 0 Å². The normalized spacial score (nSPS) is 12.2. The summed E-state index contributed by atoms with van der Waals surface area (Å²) >= 11 is 1.54. The minimum Gasteiger partial charge on any atom is -0.310 e. The van der Waals surface area contributed by atoms with Gasteiger partial charge in [-0.15, -0.1) is 0 Å². The number of ketones is 1. The molecule has 0 aliphatic rings. The summed E-state index contributed by atoms with van der Waals surface area (Å²) in [6, 6.07) is 25.7. The van der Waals surface area contributed by atoms with Crippen molar-refractivity contribution in [3.8, 4) is 0 Å². The van der Waals surface area contributed by atoms with Gasteiger partial charge in [-0.1, -0.05) is 71.9 Å². The lowest BCUT2D eigenvalue weighted by atomic mass is 10.1. The SMILES string of the molecule is Cc1ccc(C(=O)C(Sc2ccccc2)n2cnc3ccccc32)cc1. The number of benzene rings is 3. The third kappa shape index (κ3) is 3.28. The quantitative estimate of drug-likeness (QED) is 0.348. The first-order valence-electron chi connectivity index (χ1n) is 8.46. The van der Waals surface area contributed by atoms with Gasteiger partial charge in [-0.2, -0.15) is 0 Å². The van der Waals surface area contributed by atoms with Gasteiger partial charge in [0.2, 0.25) is 0 Å². The Kier molecular flexibility index (Phi) is 4.59. The molecule has 4 heteroatoms. The van der Waals surface area contributed by atoms with Crippen LogP contribution in [0.1, 0.15) is 21.3 Å². The minimum absolute atomic E-state index is 0.0713. The summed E-state index contributed by atoms with van der Waals surface area (Å²) in [7, 11) is 0. The standard InChI is InChI=1S/C22H18N2OS/c1-16-11-13-17(14-12-16)21(25)22(26-18-7-3-2-4-8-18)24-15-23-19-9-5-6-10-20(19)24/h2-15,22H,1H3. The maximum Gasteiger partial charge on any atom is 0.196 e. The molecule has 0 saturated carbocycles. The average Bonchev–Trinajstić information content (AvgIpc) is 3.11. The van der Waals surface area contributed by atoms with Crippen LogP contribution in [0.5, 0.6) is 0 Å². The number of carbonyl (C=O) groups excluding carboxylic acids is 1. The number of hydrogen-bond acceptors (Lipinski definition) is 3. The highest BCUT2D eigenvalue weighted by atomic mass is 32.2. The first-order chi connectivity index (χ1) is 12.7. The first-order valence-corrected chi connectivity index (χ1v) is 9.34. The highest BCUT2D eigenvalue weighted by Crippen LogP contribution is 2.35. The van der Waals surface area contributed by atoms with Crippen molar-refractivity contribution in [2.24, 2.45) is 0 Å². The van der Waals surface area contributed by atoms with E-state index in [9.17, 15) is 4.79 Å². The molecule has 0 fully saturated rings. The maximum absolute atomic E-state index is 13.3. The number of carbonyl (C=O) groups is 1. The summed E-state index contributed by atoms with van der Waals surface area (Å²) in [4.78, 5) is 18.9. The number of nitrogens with zero attached hydrogens (tertiary/aromatic N) is 2. The van der Waals surface area contributed by atoms with Gasteiger partial charge < -0.3 is 4.57 Å². The molecule has 1 unspecified atom stereocenters. The highest BCUT2D eigenvalue weighted by molar-refractivity contribution is 8.00. The molecule has 0 saturated heterocycles. The van der Waals surface area contributed by atoms with Crippen molar-refractivity contribution in [2.45, 2.75) is 17.2 Å². The van der Waals surface area contributed by atoms with E-state index >= 15 is 0 Å². The largest absolute Gasteiger partial charge is 0.310 e. The zero-order chi connectivity index (χ0) is 17.9. The Morgan fingerprint density at radius 3 is 2.38 bits per heavy atom. The van der Waals surface area contributed by atoms with Crippen LogP contribution in [0.15, 0.2) is 90.1 Å². The number of thioether (sulfide) groups is 1. The van der Waals surface area contributed by atoms with Crippen LogP contribution in [0.2, 0.25) is 0 Å². The molecule has 0 radical (unpaired) electrons. The Labute approximate surface area is 156 Å². The minimum atomic E-state index is -0.410. The second kappa shape index (κ2) is 7.18. The van der Waals surface area contributed by atoms with Gasteiger partial charge in [0, 0.05) is 10.5 Å². The third-order valence-corrected chi connectivity index (χ3v) is 5.49. The zero-order valence-corrected chi connectivity index (χ0v) is 15.2. The summed E-state index contributed by atoms with van der Waals surface area (Å²) in [5, 5.41) is -0.410. The molecule has 0 amide bonds. The number of para-hydroxylation sites is 2. The van der Waals surface area contributed by atoms with Crippen molar-refractivity contribution >= 4 is 28.6 Å². The van der Waals surface area contributed by atoms with Gasteiger partial charge in [0.25, 0.3) is 0 Å². The summed E-state index contributed by atoms with van der Waals surface area (Å²) in [6.07, 6.45) is 1.76. The van der Waals surface area contributed by atoms with Crippen molar-refractivity contribution in [2.75, 3.05) is 0 Å². The summed E-state index contributed by atoms with van der Waals surface area (Å²) < 4.78 is 1.97. The Balaban J connectivity index is 1.78. The van der Waals surface area contributed by atoms with Crippen LogP contribution in [-0.4, -0.2) is 15.3 Å². The van der Waals surface area contributed by atoms with E-state index in [0.717, 1.165) is 21.5 Å². The van der Waals surface area contributed by atoms with E-state index in [-0.39, 0.29) is 5.78 Å². The zero-order valence-electron chi connectivity index (χ0n) is 14.4. The van der Waals surface area contributed by atoms with Gasteiger partial charge in [0.05, 0.1) is 17.4 Å². The number of aryl methyl sites for hydroxylation is 1. The predicted molar refractivity (Wildman–Crippen MR) is 107 cm³/mol. The third-order valence-electron chi connectivity index (χ3n) is 4.29. The van der Waals surface area contributed by atoms with Crippen LogP contribution in [0.3, 0.4) is 0 Å². The van der Waals surface area contributed by atoms with Gasteiger partial charge in [-0.3, -0.25) is 4.79 Å². The molecule has 1 aromatic heterocycles. The van der Waals surface area contributed by atoms with Crippen LogP contribution in [0.25, 0.3) is 11.0 Å². The maximum atomic E-state index is 13.3. The summed E-state index contributed by atoms with van der Waals surface area (Å²) in [5.41, 5.74) is 3.70. The second-order valence-corrected chi connectivity index (χ2v) is 7.31. The number of rotatable bonds is 5. The van der Waals surface area contributed by atoms with Crippen LogP contribution >= 0.6 is 11.8 Å². The van der Waals surface area contributed by atoms with Gasteiger partial charge in [-0.25, -0.2) is 4.98 Å². The molecule has 3 aromatic carbocycles. The Morgan fingerprint density at radius 1 is 0.923 bits per heavy atom. The van der Waals surface area contributed by atoms with E-state index in [1.54, 1.807) is 18.1 Å². The number of Topliss-reactive ketones (excluding diaryl/α,β-unsaturated/α-hetero) is 1. The van der Waals surface area contributed by atoms with Crippen molar-refractivity contribution in [3.63, 3.8) is 0 Å². The number of fused-ring (bicyclic) bond motifs is 1. The summed E-state index contributed by atoms with van der Waals surface area (Å²) in [6.45, 7) is 2.02.